The highest BCUT2D eigenvalue weighted by atomic mass is 35.5. The number of hydrogen-bond donors (Lipinski definition) is 1. The fourth-order valence-electron chi connectivity index (χ4n) is 2.75. The Bertz CT molecular complexity index is 821. The van der Waals surface area contributed by atoms with Crippen LogP contribution in [-0.2, 0) is 0 Å². The molecular weight excluding hydrogens is 288 g/mol. The third-order valence-electron chi connectivity index (χ3n) is 3.91. The number of hydrogen-bond acceptors (Lipinski definition) is 5. The molecule has 1 saturated heterocycles. The number of anilines is 1. The van der Waals surface area contributed by atoms with Crippen LogP contribution in [0.15, 0.2) is 18.5 Å². The fourth-order valence-corrected chi connectivity index (χ4v) is 2.91. The first-order valence-electron chi connectivity index (χ1n) is 6.99. The number of aromatic nitrogens is 4. The maximum absolute atomic E-state index is 6.25. The van der Waals surface area contributed by atoms with E-state index in [4.69, 9.17) is 16.6 Å². The molecule has 0 saturated carbocycles. The second kappa shape index (κ2) is 4.82. The molecule has 3 heterocycles. The van der Waals surface area contributed by atoms with Gasteiger partial charge in [0.25, 0.3) is 0 Å². The molecule has 1 aliphatic heterocycles. The number of halogens is 1. The van der Waals surface area contributed by atoms with Gasteiger partial charge >= 0.3 is 0 Å². The first kappa shape index (κ1) is 12.8. The summed E-state index contributed by atoms with van der Waals surface area (Å²) in [5.74, 6) is 0.876. The summed E-state index contributed by atoms with van der Waals surface area (Å²) in [6.45, 7) is 5.73. The number of nitrogens with one attached hydrogen (secondary N) is 1. The predicted octanol–water partition coefficient (Wildman–Crippen LogP) is 1.65. The maximum atomic E-state index is 6.25. The molecule has 1 aliphatic rings. The fraction of sp³-hybridized carbons (Fsp3) is 0.357. The van der Waals surface area contributed by atoms with Gasteiger partial charge in [-0.1, -0.05) is 11.6 Å². The summed E-state index contributed by atoms with van der Waals surface area (Å²) in [6.07, 6.45) is 1.73. The monoisotopic (exact) mass is 302 g/mol. The lowest BCUT2D eigenvalue weighted by Gasteiger charge is -2.28. The molecule has 0 unspecified atom stereocenters. The van der Waals surface area contributed by atoms with Crippen LogP contribution in [0.5, 0.6) is 0 Å². The van der Waals surface area contributed by atoms with E-state index in [1.54, 1.807) is 6.33 Å². The zero-order valence-electron chi connectivity index (χ0n) is 11.7. The highest BCUT2D eigenvalue weighted by molar-refractivity contribution is 6.32. The van der Waals surface area contributed by atoms with E-state index >= 15 is 0 Å². The van der Waals surface area contributed by atoms with Gasteiger partial charge in [0.05, 0.1) is 11.0 Å². The molecule has 0 aliphatic carbocycles. The van der Waals surface area contributed by atoms with E-state index in [0.717, 1.165) is 59.3 Å². The largest absolute Gasteiger partial charge is 0.351 e. The van der Waals surface area contributed by atoms with E-state index in [1.807, 2.05) is 23.5 Å². The highest BCUT2D eigenvalue weighted by Crippen LogP contribution is 2.27. The molecule has 6 nitrogen and oxygen atoms in total. The van der Waals surface area contributed by atoms with Crippen molar-refractivity contribution in [2.45, 2.75) is 6.92 Å². The topological polar surface area (TPSA) is 58.4 Å². The van der Waals surface area contributed by atoms with Crippen LogP contribution in [0.25, 0.3) is 16.7 Å². The Kier molecular flexibility index (Phi) is 2.94. The molecule has 0 radical (unpaired) electrons. The van der Waals surface area contributed by atoms with Crippen LogP contribution in [0.2, 0.25) is 5.02 Å². The molecule has 1 N–H and O–H groups in total. The van der Waals surface area contributed by atoms with E-state index in [-0.39, 0.29) is 0 Å². The van der Waals surface area contributed by atoms with Gasteiger partial charge in [-0.2, -0.15) is 0 Å². The van der Waals surface area contributed by atoms with Crippen molar-refractivity contribution in [1.29, 1.82) is 0 Å². The van der Waals surface area contributed by atoms with Crippen LogP contribution in [0.1, 0.15) is 5.56 Å². The van der Waals surface area contributed by atoms with Gasteiger partial charge < -0.3 is 10.2 Å². The molecule has 4 rings (SSSR count). The van der Waals surface area contributed by atoms with Crippen molar-refractivity contribution in [3.05, 3.63) is 29.0 Å². The summed E-state index contributed by atoms with van der Waals surface area (Å²) < 4.78 is 1.99. The van der Waals surface area contributed by atoms with Crippen LogP contribution < -0.4 is 10.2 Å². The van der Waals surface area contributed by atoms with Gasteiger partial charge in [-0.15, -0.1) is 10.2 Å². The molecule has 0 bridgehead atoms. The van der Waals surface area contributed by atoms with Crippen LogP contribution in [0.4, 0.5) is 5.82 Å². The number of fused-ring (bicyclic) bond motifs is 3. The zero-order valence-corrected chi connectivity index (χ0v) is 12.4. The standard InChI is InChI=1S/C14H15ClN6/c1-9-6-12-11(7-10(9)15)18-13(14-19-17-8-21(12)14)20-4-2-16-3-5-20/h6-8,16H,2-5H2,1H3. The Morgan fingerprint density at radius 2 is 2.05 bits per heavy atom. The maximum Gasteiger partial charge on any atom is 0.204 e. The molecule has 1 aromatic carbocycles. The second-order valence-corrected chi connectivity index (χ2v) is 5.69. The number of benzene rings is 1. The van der Waals surface area contributed by atoms with Gasteiger partial charge in [-0.05, 0) is 24.6 Å². The van der Waals surface area contributed by atoms with Gasteiger partial charge in [0.15, 0.2) is 5.82 Å². The van der Waals surface area contributed by atoms with Crippen LogP contribution >= 0.6 is 11.6 Å². The van der Waals surface area contributed by atoms with Crippen LogP contribution in [0.3, 0.4) is 0 Å². The first-order valence-corrected chi connectivity index (χ1v) is 7.37. The van der Waals surface area contributed by atoms with Gasteiger partial charge in [0.1, 0.15) is 6.33 Å². The summed E-state index contributed by atoms with van der Waals surface area (Å²) in [5, 5.41) is 12.4. The molecule has 0 atom stereocenters. The summed E-state index contributed by atoms with van der Waals surface area (Å²) in [6, 6.07) is 3.94. The lowest BCUT2D eigenvalue weighted by atomic mass is 10.2. The summed E-state index contributed by atoms with van der Waals surface area (Å²) >= 11 is 6.25. The van der Waals surface area contributed by atoms with Crippen molar-refractivity contribution in [2.75, 3.05) is 31.1 Å². The van der Waals surface area contributed by atoms with E-state index < -0.39 is 0 Å². The summed E-state index contributed by atoms with van der Waals surface area (Å²) in [7, 11) is 0. The van der Waals surface area contributed by atoms with E-state index in [1.165, 1.54) is 0 Å². The molecule has 1 fully saturated rings. The number of rotatable bonds is 1. The summed E-state index contributed by atoms with van der Waals surface area (Å²) in [5.41, 5.74) is 3.67. The third kappa shape index (κ3) is 2.02. The zero-order chi connectivity index (χ0) is 14.4. The van der Waals surface area contributed by atoms with Crippen molar-refractivity contribution < 1.29 is 0 Å². The Morgan fingerprint density at radius 1 is 1.24 bits per heavy atom. The minimum Gasteiger partial charge on any atom is -0.351 e. The van der Waals surface area contributed by atoms with Gasteiger partial charge in [0.2, 0.25) is 5.65 Å². The molecule has 21 heavy (non-hydrogen) atoms. The number of piperazine rings is 1. The Hall–Kier alpha value is -1.92. The predicted molar refractivity (Wildman–Crippen MR) is 83.1 cm³/mol. The smallest absolute Gasteiger partial charge is 0.204 e. The lowest BCUT2D eigenvalue weighted by molar-refractivity contribution is 0.586. The van der Waals surface area contributed by atoms with Crippen molar-refractivity contribution in [3.63, 3.8) is 0 Å². The Labute approximate surface area is 126 Å². The van der Waals surface area contributed by atoms with E-state index in [0.29, 0.717) is 0 Å². The highest BCUT2D eigenvalue weighted by Gasteiger charge is 2.18. The molecule has 0 spiro atoms. The third-order valence-corrected chi connectivity index (χ3v) is 4.31. The SMILES string of the molecule is Cc1cc2c(cc1Cl)nc(N1CCNCC1)c1nncn12. The van der Waals surface area contributed by atoms with Gasteiger partial charge in [-0.3, -0.25) is 4.40 Å². The minimum atomic E-state index is 0.730. The first-order chi connectivity index (χ1) is 10.2. The normalized spacial score (nSPS) is 16.0. The average Bonchev–Trinajstić information content (AvgIpc) is 2.99. The molecule has 7 heteroatoms. The quantitative estimate of drug-likeness (QED) is 0.741. The summed E-state index contributed by atoms with van der Waals surface area (Å²) in [4.78, 5) is 7.04. The van der Waals surface area contributed by atoms with Crippen LogP contribution in [-0.4, -0.2) is 45.8 Å². The number of aryl methyl sites for hydroxylation is 1. The minimum absolute atomic E-state index is 0.730. The molecule has 3 aromatic rings. The molecular formula is C14H15ClN6. The van der Waals surface area contributed by atoms with E-state index in [2.05, 4.69) is 20.4 Å². The van der Waals surface area contributed by atoms with Crippen molar-refractivity contribution in [1.82, 2.24) is 24.9 Å². The van der Waals surface area contributed by atoms with E-state index in [9.17, 15) is 0 Å². The molecule has 0 amide bonds. The lowest BCUT2D eigenvalue weighted by Crippen LogP contribution is -2.44. The number of nitrogens with zero attached hydrogens (tertiary/aromatic N) is 5. The van der Waals surface area contributed by atoms with Gasteiger partial charge in [0, 0.05) is 31.2 Å². The molecule has 2 aromatic heterocycles. The second-order valence-electron chi connectivity index (χ2n) is 5.29. The van der Waals surface area contributed by atoms with Crippen molar-refractivity contribution >= 4 is 34.1 Å². The van der Waals surface area contributed by atoms with Gasteiger partial charge in [-0.25, -0.2) is 4.98 Å². The van der Waals surface area contributed by atoms with Crippen molar-refractivity contribution in [3.8, 4) is 0 Å². The Morgan fingerprint density at radius 3 is 2.86 bits per heavy atom. The average molecular weight is 303 g/mol. The van der Waals surface area contributed by atoms with Crippen LogP contribution in [0, 0.1) is 6.92 Å². The molecule has 108 valence electrons. The van der Waals surface area contributed by atoms with Crippen molar-refractivity contribution in [2.24, 2.45) is 0 Å². The Balaban J connectivity index is 2.00.